The van der Waals surface area contributed by atoms with Gasteiger partial charge >= 0.3 is 0 Å². The average Bonchev–Trinajstić information content (AvgIpc) is 2.97. The lowest BCUT2D eigenvalue weighted by Gasteiger charge is -2.05. The molecule has 0 amide bonds. The summed E-state index contributed by atoms with van der Waals surface area (Å²) in [6, 6.07) is 0. The van der Waals surface area contributed by atoms with Crippen molar-refractivity contribution in [2.24, 2.45) is 0 Å². The Morgan fingerprint density at radius 3 is 2.72 bits per heavy atom. The molecule has 2 aromatic rings. The van der Waals surface area contributed by atoms with Crippen LogP contribution in [0.15, 0.2) is 34.3 Å². The standard InChI is InChI=1S/C15H13N5O4S/c1-7(2)14-18-19-12(16)10(13(22)17-15(19)25-14)6-8-5-9(20(23)24)3-4-11(8)21/h3-7H,16H2,1-2H3/b8-6+. The van der Waals surface area contributed by atoms with E-state index in [0.29, 0.717) is 4.96 Å². The number of carbonyl (C=O) groups is 1. The van der Waals surface area contributed by atoms with Crippen molar-refractivity contribution in [2.75, 3.05) is 5.73 Å². The van der Waals surface area contributed by atoms with Crippen LogP contribution in [-0.4, -0.2) is 25.3 Å². The zero-order valence-electron chi connectivity index (χ0n) is 13.3. The zero-order chi connectivity index (χ0) is 18.3. The quantitative estimate of drug-likeness (QED) is 0.499. The molecule has 9 nitrogen and oxygen atoms in total. The number of allylic oxidation sites excluding steroid dienone is 4. The normalized spacial score (nSPS) is 16.0. The molecule has 0 unspecified atom stereocenters. The molecular formula is C15H13N5O4S. The third-order valence-electron chi connectivity index (χ3n) is 3.51. The summed E-state index contributed by atoms with van der Waals surface area (Å²) in [7, 11) is 0. The van der Waals surface area contributed by atoms with Gasteiger partial charge in [-0.2, -0.15) is 14.6 Å². The average molecular weight is 359 g/mol. The van der Waals surface area contributed by atoms with Gasteiger partial charge in [-0.1, -0.05) is 25.2 Å². The van der Waals surface area contributed by atoms with E-state index in [9.17, 15) is 19.7 Å². The van der Waals surface area contributed by atoms with E-state index in [4.69, 9.17) is 5.73 Å². The summed E-state index contributed by atoms with van der Waals surface area (Å²) in [4.78, 5) is 38.8. The highest BCUT2D eigenvalue weighted by molar-refractivity contribution is 7.16. The van der Waals surface area contributed by atoms with Crippen molar-refractivity contribution in [3.05, 3.63) is 60.5 Å². The fourth-order valence-corrected chi connectivity index (χ4v) is 3.08. The summed E-state index contributed by atoms with van der Waals surface area (Å²) in [5.41, 5.74) is 5.10. The van der Waals surface area contributed by atoms with E-state index in [1.807, 2.05) is 13.8 Å². The Labute approximate surface area is 144 Å². The van der Waals surface area contributed by atoms with Crippen molar-refractivity contribution >= 4 is 34.0 Å². The number of hydrogen-bond acceptors (Lipinski definition) is 8. The zero-order valence-corrected chi connectivity index (χ0v) is 14.1. The van der Waals surface area contributed by atoms with Crippen LogP contribution < -0.4 is 11.3 Å². The van der Waals surface area contributed by atoms with Gasteiger partial charge in [-0.05, 0) is 12.2 Å². The van der Waals surface area contributed by atoms with Crippen LogP contribution >= 0.6 is 11.3 Å². The molecule has 128 valence electrons. The van der Waals surface area contributed by atoms with E-state index < -0.39 is 16.3 Å². The molecule has 0 bridgehead atoms. The Hall–Kier alpha value is -3.14. The fourth-order valence-electron chi connectivity index (χ4n) is 2.18. The summed E-state index contributed by atoms with van der Waals surface area (Å²) in [5.74, 6) is -0.293. The maximum atomic E-state index is 12.3. The van der Waals surface area contributed by atoms with Crippen LogP contribution in [0.2, 0.25) is 0 Å². The molecule has 0 saturated carbocycles. The SMILES string of the molecule is CC(C)c1nn2c(N)c(/C=C3\C=C([N+](=O)[O-])C=CC3=O)c(=O)nc2s1. The first-order valence-corrected chi connectivity index (χ1v) is 8.09. The number of nitrogens with two attached hydrogens (primary N) is 1. The highest BCUT2D eigenvalue weighted by atomic mass is 32.1. The molecule has 0 saturated heterocycles. The van der Waals surface area contributed by atoms with Crippen LogP contribution in [0.5, 0.6) is 0 Å². The summed E-state index contributed by atoms with van der Waals surface area (Å²) >= 11 is 1.25. The second kappa shape index (κ2) is 6.06. The first-order valence-electron chi connectivity index (χ1n) is 7.27. The molecule has 2 N–H and O–H groups in total. The molecule has 0 atom stereocenters. The van der Waals surface area contributed by atoms with Gasteiger partial charge in [-0.3, -0.25) is 19.7 Å². The molecule has 2 aromatic heterocycles. The monoisotopic (exact) mass is 359 g/mol. The third kappa shape index (κ3) is 2.98. The van der Waals surface area contributed by atoms with E-state index in [2.05, 4.69) is 10.1 Å². The smallest absolute Gasteiger partial charge is 0.283 e. The number of rotatable bonds is 3. The molecule has 1 aliphatic carbocycles. The lowest BCUT2D eigenvalue weighted by atomic mass is 10.0. The van der Waals surface area contributed by atoms with E-state index in [-0.39, 0.29) is 28.6 Å². The van der Waals surface area contributed by atoms with Gasteiger partial charge in [0.15, 0.2) is 5.78 Å². The van der Waals surface area contributed by atoms with Crippen LogP contribution in [0.1, 0.15) is 30.3 Å². The number of nitrogens with zero attached hydrogens (tertiary/aromatic N) is 4. The van der Waals surface area contributed by atoms with Gasteiger partial charge in [0.25, 0.3) is 11.3 Å². The first-order chi connectivity index (χ1) is 11.8. The number of carbonyl (C=O) groups excluding carboxylic acids is 1. The number of anilines is 1. The van der Waals surface area contributed by atoms with Crippen molar-refractivity contribution < 1.29 is 9.72 Å². The number of ketones is 1. The lowest BCUT2D eigenvalue weighted by Crippen LogP contribution is -2.17. The number of nitrogen functional groups attached to an aromatic ring is 1. The third-order valence-corrected chi connectivity index (χ3v) is 4.71. The van der Waals surface area contributed by atoms with Crippen LogP contribution in [0, 0.1) is 10.1 Å². The molecule has 0 aliphatic heterocycles. The fraction of sp³-hybridized carbons (Fsp3) is 0.200. The minimum atomic E-state index is -0.623. The molecule has 2 heterocycles. The summed E-state index contributed by atoms with van der Waals surface area (Å²) in [6.45, 7) is 3.90. The summed E-state index contributed by atoms with van der Waals surface area (Å²) < 4.78 is 1.34. The molecule has 0 fully saturated rings. The highest BCUT2D eigenvalue weighted by Gasteiger charge is 2.20. The molecule has 0 aromatic carbocycles. The van der Waals surface area contributed by atoms with Gasteiger partial charge in [0.1, 0.15) is 10.8 Å². The molecule has 3 rings (SSSR count). The number of fused-ring (bicyclic) bond motifs is 1. The predicted molar refractivity (Wildman–Crippen MR) is 92.8 cm³/mol. The summed E-state index contributed by atoms with van der Waals surface area (Å²) in [6.07, 6.45) is 4.48. The Kier molecular flexibility index (Phi) is 4.05. The second-order valence-corrected chi connectivity index (χ2v) is 6.62. The summed E-state index contributed by atoms with van der Waals surface area (Å²) in [5, 5.41) is 16.0. The molecule has 10 heteroatoms. The van der Waals surface area contributed by atoms with Crippen LogP contribution in [0.4, 0.5) is 5.82 Å². The van der Waals surface area contributed by atoms with Crippen LogP contribution in [0.3, 0.4) is 0 Å². The Morgan fingerprint density at radius 1 is 1.36 bits per heavy atom. The van der Waals surface area contributed by atoms with E-state index in [0.717, 1.165) is 23.2 Å². The van der Waals surface area contributed by atoms with Gasteiger partial charge in [0.2, 0.25) is 4.96 Å². The highest BCUT2D eigenvalue weighted by Crippen LogP contribution is 2.24. The van der Waals surface area contributed by atoms with Crippen molar-refractivity contribution in [1.82, 2.24) is 14.6 Å². The Balaban J connectivity index is 2.19. The number of nitro groups is 1. The predicted octanol–water partition coefficient (Wildman–Crippen LogP) is 1.54. The Morgan fingerprint density at radius 2 is 2.08 bits per heavy atom. The van der Waals surface area contributed by atoms with Crippen molar-refractivity contribution in [1.29, 1.82) is 0 Å². The Bertz CT molecular complexity index is 1060. The van der Waals surface area contributed by atoms with Crippen LogP contribution in [-0.2, 0) is 4.79 Å². The van der Waals surface area contributed by atoms with Gasteiger partial charge < -0.3 is 5.73 Å². The molecular weight excluding hydrogens is 346 g/mol. The van der Waals surface area contributed by atoms with E-state index in [1.54, 1.807) is 0 Å². The molecule has 0 spiro atoms. The van der Waals surface area contributed by atoms with Crippen molar-refractivity contribution in [3.63, 3.8) is 0 Å². The molecule has 25 heavy (non-hydrogen) atoms. The largest absolute Gasteiger partial charge is 0.383 e. The minimum absolute atomic E-state index is 0.0148. The van der Waals surface area contributed by atoms with Gasteiger partial charge in [0.05, 0.1) is 10.5 Å². The molecule has 0 radical (unpaired) electrons. The lowest BCUT2D eigenvalue weighted by molar-refractivity contribution is -0.419. The topological polar surface area (TPSA) is 133 Å². The maximum absolute atomic E-state index is 12.3. The van der Waals surface area contributed by atoms with Gasteiger partial charge in [0, 0.05) is 23.6 Å². The minimum Gasteiger partial charge on any atom is -0.383 e. The maximum Gasteiger partial charge on any atom is 0.283 e. The number of hydrogen-bond donors (Lipinski definition) is 1. The van der Waals surface area contributed by atoms with E-state index in [1.165, 1.54) is 21.9 Å². The van der Waals surface area contributed by atoms with E-state index >= 15 is 0 Å². The van der Waals surface area contributed by atoms with Crippen molar-refractivity contribution in [3.8, 4) is 0 Å². The second-order valence-electron chi connectivity index (χ2n) is 5.63. The van der Waals surface area contributed by atoms with Gasteiger partial charge in [-0.25, -0.2) is 0 Å². The van der Waals surface area contributed by atoms with Crippen molar-refractivity contribution in [2.45, 2.75) is 19.8 Å². The van der Waals surface area contributed by atoms with Gasteiger partial charge in [-0.15, -0.1) is 0 Å². The first kappa shape index (κ1) is 16.7. The van der Waals surface area contributed by atoms with Crippen LogP contribution in [0.25, 0.3) is 11.0 Å². The molecule has 1 aliphatic rings. The number of aromatic nitrogens is 3.